The highest BCUT2D eigenvalue weighted by atomic mass is 28.4. The Morgan fingerprint density at radius 3 is 2.08 bits per heavy atom. The number of aliphatic hydroxyl groups excluding tert-OH is 2. The maximum Gasteiger partial charge on any atom is 0.330 e. The third-order valence-electron chi connectivity index (χ3n) is 7.01. The Bertz CT molecular complexity index is 1330. The lowest BCUT2D eigenvalue weighted by Gasteiger charge is -2.46. The van der Waals surface area contributed by atoms with E-state index in [1.807, 2.05) is 81.4 Å². The predicted octanol–water partition coefficient (Wildman–Crippen LogP) is 0.610. The second-order valence-corrected chi connectivity index (χ2v) is 14.7. The number of hydrogen-bond acceptors (Lipinski definition) is 7. The van der Waals surface area contributed by atoms with Crippen molar-refractivity contribution in [1.82, 2.24) is 9.55 Å². The molecule has 10 heteroatoms. The molecule has 1 fully saturated rings. The first-order valence-electron chi connectivity index (χ1n) is 12.0. The minimum atomic E-state index is -3.30. The highest BCUT2D eigenvalue weighted by molar-refractivity contribution is 6.99. The Balaban J connectivity index is 1.93. The molecular weight excluding hydrogens is 492 g/mol. The fourth-order valence-corrected chi connectivity index (χ4v) is 9.84. The largest absolute Gasteiger partial charge is 0.398 e. The first-order valence-corrected chi connectivity index (χ1v) is 14.0. The average molecular weight is 525 g/mol. The summed E-state index contributed by atoms with van der Waals surface area (Å²) in [7, 11) is -3.30. The van der Waals surface area contributed by atoms with Crippen molar-refractivity contribution >= 4 is 25.0 Å². The van der Waals surface area contributed by atoms with Gasteiger partial charge in [-0.1, -0.05) is 81.4 Å². The topological polar surface area (TPSA) is 131 Å². The third kappa shape index (κ3) is 4.45. The molecule has 3 aromatic rings. The molecule has 0 bridgehead atoms. The number of benzene rings is 2. The number of aromatic amines is 1. The lowest BCUT2D eigenvalue weighted by molar-refractivity contribution is -0.150. The molecule has 0 amide bonds. The number of aldehydes is 1. The molecule has 1 unspecified atom stereocenters. The SMILES string of the molecule is Cc1cn([C@@H]2OC(C=O)(CO)[C@@H](O[Si](c3ccccc3)(c3ccccc3)C(C)(C)C)[C@H]2O)c(=O)[nH]c1=O. The van der Waals surface area contributed by atoms with Crippen LogP contribution in [0.25, 0.3) is 0 Å². The van der Waals surface area contributed by atoms with Gasteiger partial charge in [-0.25, -0.2) is 4.79 Å². The Morgan fingerprint density at radius 1 is 1.08 bits per heavy atom. The van der Waals surface area contributed by atoms with Crippen molar-refractivity contribution in [3.8, 4) is 0 Å². The summed E-state index contributed by atoms with van der Waals surface area (Å²) in [4.78, 5) is 39.2. The molecular formula is C27H32N2O7Si. The van der Waals surface area contributed by atoms with Gasteiger partial charge in [0, 0.05) is 11.8 Å². The van der Waals surface area contributed by atoms with E-state index in [2.05, 4.69) is 4.98 Å². The van der Waals surface area contributed by atoms with Gasteiger partial charge in [0.25, 0.3) is 13.9 Å². The molecule has 0 aliphatic carbocycles. The van der Waals surface area contributed by atoms with E-state index >= 15 is 0 Å². The lowest BCUT2D eigenvalue weighted by Crippen LogP contribution is -2.70. The van der Waals surface area contributed by atoms with E-state index in [-0.39, 0.29) is 5.56 Å². The van der Waals surface area contributed by atoms with Crippen molar-refractivity contribution < 1.29 is 24.2 Å². The summed E-state index contributed by atoms with van der Waals surface area (Å²) in [5.41, 5.74) is -3.13. The maximum absolute atomic E-state index is 12.6. The summed E-state index contributed by atoms with van der Waals surface area (Å²) < 4.78 is 13.9. The van der Waals surface area contributed by atoms with Crippen molar-refractivity contribution in [3.05, 3.63) is 93.3 Å². The fraction of sp³-hybridized carbons (Fsp3) is 0.370. The Labute approximate surface area is 215 Å². The number of nitrogens with one attached hydrogen (secondary N) is 1. The van der Waals surface area contributed by atoms with E-state index < -0.39 is 55.2 Å². The van der Waals surface area contributed by atoms with Crippen LogP contribution in [0, 0.1) is 6.92 Å². The number of H-pyrrole nitrogens is 1. The minimum absolute atomic E-state index is 0.215. The van der Waals surface area contributed by atoms with Crippen molar-refractivity contribution in [2.75, 3.05) is 6.61 Å². The van der Waals surface area contributed by atoms with Crippen molar-refractivity contribution in [3.63, 3.8) is 0 Å². The number of aryl methyl sites for hydroxylation is 1. The number of hydrogen-bond donors (Lipinski definition) is 3. The minimum Gasteiger partial charge on any atom is -0.398 e. The fourth-order valence-electron chi connectivity index (χ4n) is 5.11. The molecule has 1 aliphatic heterocycles. The second-order valence-electron chi connectivity index (χ2n) is 10.4. The van der Waals surface area contributed by atoms with Gasteiger partial charge in [-0.2, -0.15) is 0 Å². The van der Waals surface area contributed by atoms with Crippen LogP contribution in [0.15, 0.2) is 76.4 Å². The number of carbonyl (C=O) groups is 1. The van der Waals surface area contributed by atoms with Crippen LogP contribution in [0.5, 0.6) is 0 Å². The zero-order valence-electron chi connectivity index (χ0n) is 21.3. The van der Waals surface area contributed by atoms with Gasteiger partial charge in [0.1, 0.15) is 12.2 Å². The molecule has 0 saturated carbocycles. The van der Waals surface area contributed by atoms with E-state index in [9.17, 15) is 24.6 Å². The Hall–Kier alpha value is -3.15. The normalized spacial score (nSPS) is 24.2. The lowest BCUT2D eigenvalue weighted by atomic mass is 9.98. The zero-order chi connectivity index (χ0) is 27.0. The van der Waals surface area contributed by atoms with Crippen molar-refractivity contribution in [2.45, 2.75) is 56.8 Å². The van der Waals surface area contributed by atoms with Gasteiger partial charge in [-0.3, -0.25) is 19.1 Å². The number of aliphatic hydroxyl groups is 2. The molecule has 3 N–H and O–H groups in total. The summed E-state index contributed by atoms with van der Waals surface area (Å²) in [6.07, 6.45) is -2.56. The number of carbonyl (C=O) groups excluding carboxylic acids is 1. The molecule has 2 aromatic carbocycles. The molecule has 0 radical (unpaired) electrons. The number of aromatic nitrogens is 2. The monoisotopic (exact) mass is 524 g/mol. The number of rotatable bonds is 7. The van der Waals surface area contributed by atoms with Gasteiger partial charge in [-0.15, -0.1) is 0 Å². The molecule has 4 rings (SSSR count). The molecule has 196 valence electrons. The van der Waals surface area contributed by atoms with Crippen LogP contribution >= 0.6 is 0 Å². The third-order valence-corrected chi connectivity index (χ3v) is 12.0. The first kappa shape index (κ1) is 26.9. The Kier molecular flexibility index (Phi) is 7.24. The summed E-state index contributed by atoms with van der Waals surface area (Å²) in [5, 5.41) is 23.3. The quantitative estimate of drug-likeness (QED) is 0.305. The average Bonchev–Trinajstić information content (AvgIpc) is 3.16. The van der Waals surface area contributed by atoms with Crippen LogP contribution in [0.2, 0.25) is 5.04 Å². The van der Waals surface area contributed by atoms with E-state index in [0.717, 1.165) is 14.9 Å². The molecule has 2 heterocycles. The standard InChI is InChI=1S/C27H32N2O7Si/c1-18-15-29(25(34)28-23(18)33)24-21(32)22(27(16-30,17-31)35-24)36-37(26(2,3)4,19-11-7-5-8-12-19)20-13-9-6-10-14-20/h5-16,21-22,24,31-32H,17H2,1-4H3,(H,28,33,34)/t21-,22+,24-,27?/m1/s1. The van der Waals surface area contributed by atoms with Crippen LogP contribution in [-0.2, 0) is 14.0 Å². The summed E-state index contributed by atoms with van der Waals surface area (Å²) in [6.45, 7) is 6.83. The summed E-state index contributed by atoms with van der Waals surface area (Å²) in [6, 6.07) is 19.2. The highest BCUT2D eigenvalue weighted by Crippen LogP contribution is 2.44. The van der Waals surface area contributed by atoms with Gasteiger partial charge >= 0.3 is 5.69 Å². The van der Waals surface area contributed by atoms with E-state index in [1.165, 1.54) is 13.1 Å². The van der Waals surface area contributed by atoms with Gasteiger partial charge < -0.3 is 19.4 Å². The molecule has 9 nitrogen and oxygen atoms in total. The van der Waals surface area contributed by atoms with E-state index in [0.29, 0.717) is 6.29 Å². The smallest absolute Gasteiger partial charge is 0.330 e. The van der Waals surface area contributed by atoms with E-state index in [4.69, 9.17) is 9.16 Å². The van der Waals surface area contributed by atoms with Crippen LogP contribution in [-0.4, -0.2) is 58.8 Å². The predicted molar refractivity (Wildman–Crippen MR) is 141 cm³/mol. The Morgan fingerprint density at radius 2 is 1.62 bits per heavy atom. The van der Waals surface area contributed by atoms with Crippen LogP contribution in [0.3, 0.4) is 0 Å². The second kappa shape index (κ2) is 9.96. The van der Waals surface area contributed by atoms with Crippen LogP contribution < -0.4 is 21.6 Å². The van der Waals surface area contributed by atoms with Gasteiger partial charge in [0.15, 0.2) is 18.1 Å². The molecule has 1 aromatic heterocycles. The molecule has 1 saturated heterocycles. The van der Waals surface area contributed by atoms with Gasteiger partial charge in [0.05, 0.1) is 6.61 Å². The van der Waals surface area contributed by atoms with Crippen molar-refractivity contribution in [1.29, 1.82) is 0 Å². The maximum atomic E-state index is 12.6. The van der Waals surface area contributed by atoms with Gasteiger partial charge in [-0.05, 0) is 22.3 Å². The summed E-state index contributed by atoms with van der Waals surface area (Å²) >= 11 is 0. The number of ether oxygens (including phenoxy) is 1. The molecule has 0 spiro atoms. The summed E-state index contributed by atoms with van der Waals surface area (Å²) in [5.74, 6) is 0. The molecule has 1 aliphatic rings. The zero-order valence-corrected chi connectivity index (χ0v) is 22.3. The van der Waals surface area contributed by atoms with Crippen LogP contribution in [0.1, 0.15) is 32.6 Å². The number of nitrogens with zero attached hydrogens (tertiary/aromatic N) is 1. The molecule has 4 atom stereocenters. The molecule has 37 heavy (non-hydrogen) atoms. The van der Waals surface area contributed by atoms with Crippen LogP contribution in [0.4, 0.5) is 0 Å². The van der Waals surface area contributed by atoms with E-state index in [1.54, 1.807) is 0 Å². The van der Waals surface area contributed by atoms with Gasteiger partial charge in [0.2, 0.25) is 0 Å². The first-order chi connectivity index (χ1) is 17.5. The van der Waals surface area contributed by atoms with Crippen molar-refractivity contribution in [2.24, 2.45) is 0 Å². The highest BCUT2D eigenvalue weighted by Gasteiger charge is 2.62.